The van der Waals surface area contributed by atoms with Crippen LogP contribution in [-0.4, -0.2) is 42.4 Å². The molecule has 0 unspecified atom stereocenters. The number of ether oxygens (including phenoxy) is 2. The summed E-state index contributed by atoms with van der Waals surface area (Å²) in [6.45, 7) is 1.11. The Morgan fingerprint density at radius 1 is 0.879 bits per heavy atom. The van der Waals surface area contributed by atoms with E-state index in [1.54, 1.807) is 20.4 Å². The molecule has 4 N–H and O–H groups in total. The minimum Gasteiger partial charge on any atom is -0.493 e. The van der Waals surface area contributed by atoms with Crippen molar-refractivity contribution in [3.8, 4) is 11.5 Å². The van der Waals surface area contributed by atoms with Gasteiger partial charge in [-0.05, 0) is 17.7 Å². The molecule has 0 aliphatic carbocycles. The Labute approximate surface area is 192 Å². The van der Waals surface area contributed by atoms with Gasteiger partial charge in [0.05, 0.1) is 26.3 Å². The number of aliphatic hydroxyl groups is 1. The fourth-order valence-corrected chi connectivity index (χ4v) is 3.47. The van der Waals surface area contributed by atoms with Gasteiger partial charge in [0.1, 0.15) is 11.6 Å². The molecule has 0 atom stereocenters. The van der Waals surface area contributed by atoms with E-state index in [9.17, 15) is 5.11 Å². The van der Waals surface area contributed by atoms with E-state index in [0.29, 0.717) is 36.2 Å². The summed E-state index contributed by atoms with van der Waals surface area (Å²) >= 11 is 0. The van der Waals surface area contributed by atoms with Crippen LogP contribution in [0.3, 0.4) is 0 Å². The lowest BCUT2D eigenvalue weighted by Gasteiger charge is -2.14. The molecule has 2 aromatic heterocycles. The Hall–Kier alpha value is -4.04. The standard InChI is InChI=1S/C25H27N5O3/c1-32-22-9-8-18(12-23(22)33-2)29-25-14-21-19(16-28-25)20(13-24(30-21)26-10-11-31)27-15-17-6-4-3-5-7-17/h3-9,12-14,16,31H,10-11,15H2,1-2H3,(H,28,29)(H2,26,27,30). The molecule has 0 bridgehead atoms. The molecule has 0 spiro atoms. The first-order valence-electron chi connectivity index (χ1n) is 10.6. The van der Waals surface area contributed by atoms with Crippen molar-refractivity contribution in [3.63, 3.8) is 0 Å². The SMILES string of the molecule is COc1ccc(Nc2cc3nc(NCCO)cc(NCc4ccccc4)c3cn2)cc1OC. The van der Waals surface area contributed by atoms with E-state index in [0.717, 1.165) is 22.3 Å². The maximum absolute atomic E-state index is 9.21. The normalized spacial score (nSPS) is 10.6. The van der Waals surface area contributed by atoms with Crippen molar-refractivity contribution in [2.24, 2.45) is 0 Å². The summed E-state index contributed by atoms with van der Waals surface area (Å²) in [6, 6.07) is 19.6. The Morgan fingerprint density at radius 3 is 2.45 bits per heavy atom. The van der Waals surface area contributed by atoms with E-state index in [2.05, 4.69) is 33.1 Å². The second-order valence-electron chi connectivity index (χ2n) is 7.33. The number of aliphatic hydroxyl groups excluding tert-OH is 1. The molecular formula is C25H27N5O3. The number of hydrogen-bond donors (Lipinski definition) is 4. The van der Waals surface area contributed by atoms with Crippen molar-refractivity contribution in [1.82, 2.24) is 9.97 Å². The van der Waals surface area contributed by atoms with Crippen LogP contribution in [-0.2, 0) is 6.54 Å². The summed E-state index contributed by atoms with van der Waals surface area (Å²) in [5.74, 6) is 2.61. The molecule has 0 aliphatic heterocycles. The van der Waals surface area contributed by atoms with Crippen LogP contribution in [0.1, 0.15) is 5.56 Å². The fraction of sp³-hybridized carbons (Fsp3) is 0.200. The number of rotatable bonds is 10. The highest BCUT2D eigenvalue weighted by Gasteiger charge is 2.10. The predicted octanol–water partition coefficient (Wildman–Crippen LogP) is 4.41. The van der Waals surface area contributed by atoms with E-state index in [-0.39, 0.29) is 6.61 Å². The van der Waals surface area contributed by atoms with Crippen LogP contribution in [0, 0.1) is 0 Å². The molecule has 33 heavy (non-hydrogen) atoms. The molecule has 0 saturated heterocycles. The van der Waals surface area contributed by atoms with E-state index < -0.39 is 0 Å². The minimum atomic E-state index is 0.0228. The van der Waals surface area contributed by atoms with Crippen molar-refractivity contribution < 1.29 is 14.6 Å². The van der Waals surface area contributed by atoms with Crippen molar-refractivity contribution in [1.29, 1.82) is 0 Å². The average Bonchev–Trinajstić information content (AvgIpc) is 2.86. The van der Waals surface area contributed by atoms with Crippen LogP contribution in [0.25, 0.3) is 10.9 Å². The van der Waals surface area contributed by atoms with Crippen molar-refractivity contribution in [2.75, 3.05) is 43.3 Å². The highest BCUT2D eigenvalue weighted by molar-refractivity contribution is 5.94. The van der Waals surface area contributed by atoms with Gasteiger partial charge >= 0.3 is 0 Å². The Balaban J connectivity index is 1.63. The van der Waals surface area contributed by atoms with Gasteiger partial charge in [-0.1, -0.05) is 30.3 Å². The fourth-order valence-electron chi connectivity index (χ4n) is 3.47. The molecule has 4 aromatic rings. The molecule has 0 fully saturated rings. The van der Waals surface area contributed by atoms with E-state index >= 15 is 0 Å². The Bertz CT molecular complexity index is 1220. The van der Waals surface area contributed by atoms with Gasteiger partial charge in [0.25, 0.3) is 0 Å². The van der Waals surface area contributed by atoms with Crippen LogP contribution in [0.5, 0.6) is 11.5 Å². The number of hydrogen-bond acceptors (Lipinski definition) is 8. The largest absolute Gasteiger partial charge is 0.493 e. The zero-order chi connectivity index (χ0) is 23.0. The number of pyridine rings is 2. The van der Waals surface area contributed by atoms with Crippen molar-refractivity contribution >= 4 is 33.9 Å². The molecular weight excluding hydrogens is 418 g/mol. The van der Waals surface area contributed by atoms with Crippen LogP contribution < -0.4 is 25.4 Å². The number of fused-ring (bicyclic) bond motifs is 1. The third-order valence-corrected chi connectivity index (χ3v) is 5.09. The first kappa shape index (κ1) is 22.2. The number of aromatic nitrogens is 2. The van der Waals surface area contributed by atoms with Gasteiger partial charge in [-0.3, -0.25) is 0 Å². The van der Waals surface area contributed by atoms with Crippen LogP contribution in [0.4, 0.5) is 23.0 Å². The second kappa shape index (κ2) is 10.5. The van der Waals surface area contributed by atoms with Gasteiger partial charge in [-0.25, -0.2) is 9.97 Å². The van der Waals surface area contributed by atoms with Crippen LogP contribution in [0.2, 0.25) is 0 Å². The smallest absolute Gasteiger partial charge is 0.162 e. The minimum absolute atomic E-state index is 0.0228. The summed E-state index contributed by atoms with van der Waals surface area (Å²) in [6.07, 6.45) is 1.80. The average molecular weight is 446 g/mol. The summed E-state index contributed by atoms with van der Waals surface area (Å²) in [7, 11) is 3.21. The topological polar surface area (TPSA) is 101 Å². The lowest BCUT2D eigenvalue weighted by atomic mass is 10.2. The first-order valence-corrected chi connectivity index (χ1v) is 10.6. The number of benzene rings is 2. The zero-order valence-electron chi connectivity index (χ0n) is 18.6. The van der Waals surface area contributed by atoms with E-state index in [1.807, 2.05) is 48.5 Å². The third-order valence-electron chi connectivity index (χ3n) is 5.09. The zero-order valence-corrected chi connectivity index (χ0v) is 18.6. The Morgan fingerprint density at radius 2 is 1.70 bits per heavy atom. The number of nitrogens with zero attached hydrogens (tertiary/aromatic N) is 2. The molecule has 2 aromatic carbocycles. The summed E-state index contributed by atoms with van der Waals surface area (Å²) < 4.78 is 10.7. The Kier molecular flexibility index (Phi) is 7.06. The maximum Gasteiger partial charge on any atom is 0.162 e. The molecule has 4 rings (SSSR count). The van der Waals surface area contributed by atoms with Crippen LogP contribution in [0.15, 0.2) is 66.9 Å². The number of anilines is 4. The van der Waals surface area contributed by atoms with Gasteiger partial charge < -0.3 is 30.5 Å². The predicted molar refractivity (Wildman–Crippen MR) is 132 cm³/mol. The molecule has 0 radical (unpaired) electrons. The monoisotopic (exact) mass is 445 g/mol. The van der Waals surface area contributed by atoms with Gasteiger partial charge in [0.15, 0.2) is 11.5 Å². The van der Waals surface area contributed by atoms with Gasteiger partial charge in [0.2, 0.25) is 0 Å². The molecule has 0 amide bonds. The highest BCUT2D eigenvalue weighted by atomic mass is 16.5. The van der Waals surface area contributed by atoms with Gasteiger partial charge in [-0.15, -0.1) is 0 Å². The first-order chi connectivity index (χ1) is 16.2. The summed E-state index contributed by atoms with van der Waals surface area (Å²) in [5.41, 5.74) is 3.67. The molecule has 8 heteroatoms. The van der Waals surface area contributed by atoms with Gasteiger partial charge in [-0.2, -0.15) is 0 Å². The van der Waals surface area contributed by atoms with Crippen LogP contribution >= 0.6 is 0 Å². The number of methoxy groups -OCH3 is 2. The van der Waals surface area contributed by atoms with Gasteiger partial charge in [0, 0.05) is 54.2 Å². The van der Waals surface area contributed by atoms with Crippen molar-refractivity contribution in [2.45, 2.75) is 6.54 Å². The number of nitrogens with one attached hydrogen (secondary N) is 3. The molecule has 0 saturated carbocycles. The summed E-state index contributed by atoms with van der Waals surface area (Å²) in [4.78, 5) is 9.29. The molecule has 8 nitrogen and oxygen atoms in total. The molecule has 0 aliphatic rings. The van der Waals surface area contributed by atoms with E-state index in [1.165, 1.54) is 5.56 Å². The van der Waals surface area contributed by atoms with E-state index in [4.69, 9.17) is 14.5 Å². The molecule has 2 heterocycles. The molecule has 170 valence electrons. The lowest BCUT2D eigenvalue weighted by molar-refractivity contribution is 0.311. The second-order valence-corrected chi connectivity index (χ2v) is 7.33. The highest BCUT2D eigenvalue weighted by Crippen LogP contribution is 2.32. The lowest BCUT2D eigenvalue weighted by Crippen LogP contribution is -2.08. The summed E-state index contributed by atoms with van der Waals surface area (Å²) in [5, 5.41) is 20.0. The maximum atomic E-state index is 9.21. The quantitative estimate of drug-likeness (QED) is 0.285. The van der Waals surface area contributed by atoms with Crippen molar-refractivity contribution in [3.05, 3.63) is 72.4 Å². The third kappa shape index (κ3) is 5.42.